The van der Waals surface area contributed by atoms with Crippen LogP contribution in [0.25, 0.3) is 0 Å². The van der Waals surface area contributed by atoms with E-state index in [0.29, 0.717) is 13.0 Å². The van der Waals surface area contributed by atoms with Crippen molar-refractivity contribution in [2.45, 2.75) is 52.4 Å². The number of phenols is 3. The molecule has 1 aromatic rings. The molecule has 0 heterocycles. The molecular formula is C17H25NO5. The van der Waals surface area contributed by atoms with E-state index in [1.54, 1.807) is 0 Å². The smallest absolute Gasteiger partial charge is 0.306 e. The zero-order valence-corrected chi connectivity index (χ0v) is 13.7. The molecule has 0 saturated heterocycles. The zero-order chi connectivity index (χ0) is 17.2. The van der Waals surface area contributed by atoms with Crippen LogP contribution in [0.3, 0.4) is 0 Å². The van der Waals surface area contributed by atoms with Crippen LogP contribution < -0.4 is 0 Å². The Morgan fingerprint density at radius 3 is 2.65 bits per heavy atom. The summed E-state index contributed by atoms with van der Waals surface area (Å²) in [6.45, 7) is 4.04. The van der Waals surface area contributed by atoms with Gasteiger partial charge in [-0.2, -0.15) is 0 Å². The molecule has 0 amide bonds. The number of hydrogen-bond acceptors (Lipinski definition) is 6. The van der Waals surface area contributed by atoms with Crippen molar-refractivity contribution >= 4 is 17.9 Å². The minimum Gasteiger partial charge on any atom is -0.505 e. The van der Waals surface area contributed by atoms with Gasteiger partial charge in [-0.05, 0) is 19.8 Å². The van der Waals surface area contributed by atoms with Gasteiger partial charge in [-0.15, -0.1) is 0 Å². The van der Waals surface area contributed by atoms with E-state index >= 15 is 0 Å². The van der Waals surface area contributed by atoms with Gasteiger partial charge in [0.05, 0.1) is 13.0 Å². The highest BCUT2D eigenvalue weighted by Crippen LogP contribution is 2.41. The number of nitrogens with zero attached hydrogens (tertiary/aromatic N) is 1. The normalized spacial score (nSPS) is 11.0. The lowest BCUT2D eigenvalue weighted by molar-refractivity contribution is -0.143. The molecule has 0 aliphatic carbocycles. The Labute approximate surface area is 136 Å². The first-order chi connectivity index (χ1) is 11.0. The molecule has 0 spiro atoms. The Morgan fingerprint density at radius 2 is 1.96 bits per heavy atom. The monoisotopic (exact) mass is 323 g/mol. The molecule has 23 heavy (non-hydrogen) atoms. The minimum absolute atomic E-state index is 0.144. The van der Waals surface area contributed by atoms with Gasteiger partial charge in [0.25, 0.3) is 0 Å². The van der Waals surface area contributed by atoms with E-state index in [4.69, 9.17) is 4.74 Å². The molecule has 3 N–H and O–H groups in total. The summed E-state index contributed by atoms with van der Waals surface area (Å²) in [7, 11) is 0. The second-order valence-electron chi connectivity index (χ2n) is 5.37. The summed E-state index contributed by atoms with van der Waals surface area (Å²) in [5.41, 5.74) is 0.300. The highest BCUT2D eigenvalue weighted by molar-refractivity contribution is 5.76. The SMILES string of the molecule is CCCCCCOC(=O)CCC=Nc1cc(O)c(O)c(C)c1O. The fourth-order valence-electron chi connectivity index (χ4n) is 1.99. The molecule has 0 aliphatic heterocycles. The molecule has 1 aromatic carbocycles. The number of hydrogen-bond donors (Lipinski definition) is 3. The summed E-state index contributed by atoms with van der Waals surface area (Å²) in [5.74, 6) is -1.19. The fourth-order valence-corrected chi connectivity index (χ4v) is 1.99. The summed E-state index contributed by atoms with van der Waals surface area (Å²) in [6, 6.07) is 1.17. The largest absolute Gasteiger partial charge is 0.505 e. The number of carbonyl (C=O) groups excluding carboxylic acids is 1. The van der Waals surface area contributed by atoms with Gasteiger partial charge in [-0.3, -0.25) is 9.79 Å². The van der Waals surface area contributed by atoms with Crippen molar-refractivity contribution in [2.24, 2.45) is 4.99 Å². The van der Waals surface area contributed by atoms with Crippen LogP contribution in [0.15, 0.2) is 11.1 Å². The third-order valence-electron chi connectivity index (χ3n) is 3.44. The zero-order valence-electron chi connectivity index (χ0n) is 13.7. The second-order valence-corrected chi connectivity index (χ2v) is 5.37. The van der Waals surface area contributed by atoms with Gasteiger partial charge < -0.3 is 20.1 Å². The van der Waals surface area contributed by atoms with Crippen LogP contribution in [0.5, 0.6) is 17.2 Å². The molecule has 0 unspecified atom stereocenters. The molecule has 0 atom stereocenters. The number of rotatable bonds is 9. The van der Waals surface area contributed by atoms with Crippen molar-refractivity contribution in [3.05, 3.63) is 11.6 Å². The van der Waals surface area contributed by atoms with E-state index < -0.39 is 0 Å². The number of esters is 1. The van der Waals surface area contributed by atoms with Gasteiger partial charge in [0.1, 0.15) is 11.4 Å². The summed E-state index contributed by atoms with van der Waals surface area (Å²) >= 11 is 0. The number of aliphatic imine (C=N–C) groups is 1. The van der Waals surface area contributed by atoms with E-state index in [1.807, 2.05) is 0 Å². The van der Waals surface area contributed by atoms with Crippen LogP contribution in [0.4, 0.5) is 5.69 Å². The first-order valence-corrected chi connectivity index (χ1v) is 7.90. The molecule has 0 fully saturated rings. The summed E-state index contributed by atoms with van der Waals surface area (Å²) in [4.78, 5) is 15.5. The van der Waals surface area contributed by atoms with Crippen LogP contribution in [-0.2, 0) is 9.53 Å². The molecule has 6 heteroatoms. The van der Waals surface area contributed by atoms with Gasteiger partial charge >= 0.3 is 5.97 Å². The highest BCUT2D eigenvalue weighted by atomic mass is 16.5. The van der Waals surface area contributed by atoms with E-state index in [1.165, 1.54) is 19.2 Å². The standard InChI is InChI=1S/C17H25NO5/c1-3-4-5-6-10-23-15(20)8-7-9-18-13-11-14(19)17(22)12(2)16(13)21/h9,11,19,21-22H,3-8,10H2,1-2H3. The third kappa shape index (κ3) is 6.18. The Kier molecular flexibility index (Phi) is 7.94. The van der Waals surface area contributed by atoms with Crippen LogP contribution >= 0.6 is 0 Å². The number of phenolic OH excluding ortho intramolecular Hbond substituents is 3. The van der Waals surface area contributed by atoms with Crippen molar-refractivity contribution in [2.75, 3.05) is 6.61 Å². The van der Waals surface area contributed by atoms with E-state index in [-0.39, 0.29) is 40.9 Å². The maximum atomic E-state index is 11.5. The maximum Gasteiger partial charge on any atom is 0.306 e. The molecule has 0 aromatic heterocycles. The van der Waals surface area contributed by atoms with E-state index in [2.05, 4.69) is 11.9 Å². The molecule has 0 radical (unpaired) electrons. The van der Waals surface area contributed by atoms with E-state index in [0.717, 1.165) is 25.7 Å². The molecule has 6 nitrogen and oxygen atoms in total. The van der Waals surface area contributed by atoms with Gasteiger partial charge in [0, 0.05) is 17.8 Å². The molecule has 0 bridgehead atoms. The molecule has 1 rings (SSSR count). The third-order valence-corrected chi connectivity index (χ3v) is 3.44. The average Bonchev–Trinajstić information content (AvgIpc) is 2.53. The number of unbranched alkanes of at least 4 members (excludes halogenated alkanes) is 3. The van der Waals surface area contributed by atoms with Gasteiger partial charge in [0.15, 0.2) is 11.5 Å². The Morgan fingerprint density at radius 1 is 1.22 bits per heavy atom. The fraction of sp³-hybridized carbons (Fsp3) is 0.529. The number of benzene rings is 1. The topological polar surface area (TPSA) is 99.4 Å². The lowest BCUT2D eigenvalue weighted by Gasteiger charge is -2.07. The first kappa shape index (κ1) is 18.8. The lowest BCUT2D eigenvalue weighted by Crippen LogP contribution is -2.05. The Hall–Kier alpha value is -2.24. The van der Waals surface area contributed by atoms with Crippen molar-refractivity contribution in [1.29, 1.82) is 0 Å². The Balaban J connectivity index is 2.38. The average molecular weight is 323 g/mol. The predicted octanol–water partition coefficient (Wildman–Crippen LogP) is 3.72. The summed E-state index contributed by atoms with van der Waals surface area (Å²) < 4.78 is 5.10. The van der Waals surface area contributed by atoms with Crippen molar-refractivity contribution in [3.8, 4) is 17.2 Å². The van der Waals surface area contributed by atoms with Crippen molar-refractivity contribution < 1.29 is 24.9 Å². The highest BCUT2D eigenvalue weighted by Gasteiger charge is 2.12. The van der Waals surface area contributed by atoms with Crippen LogP contribution in [-0.4, -0.2) is 34.1 Å². The van der Waals surface area contributed by atoms with Crippen molar-refractivity contribution in [3.63, 3.8) is 0 Å². The van der Waals surface area contributed by atoms with E-state index in [9.17, 15) is 20.1 Å². The van der Waals surface area contributed by atoms with Gasteiger partial charge in [-0.1, -0.05) is 26.2 Å². The predicted molar refractivity (Wildman–Crippen MR) is 88.7 cm³/mol. The maximum absolute atomic E-state index is 11.5. The van der Waals surface area contributed by atoms with Crippen molar-refractivity contribution in [1.82, 2.24) is 0 Å². The van der Waals surface area contributed by atoms with Crippen LogP contribution in [0, 0.1) is 6.92 Å². The first-order valence-electron chi connectivity index (χ1n) is 7.90. The van der Waals surface area contributed by atoms with Gasteiger partial charge in [-0.25, -0.2) is 0 Å². The molecular weight excluding hydrogens is 298 g/mol. The number of carbonyl (C=O) groups is 1. The lowest BCUT2D eigenvalue weighted by atomic mass is 10.1. The van der Waals surface area contributed by atoms with Crippen LogP contribution in [0.2, 0.25) is 0 Å². The summed E-state index contributed by atoms with van der Waals surface area (Å²) in [5, 5.41) is 28.8. The quantitative estimate of drug-likeness (QED) is 0.211. The second kappa shape index (κ2) is 9.71. The summed E-state index contributed by atoms with van der Waals surface area (Å²) in [6.07, 6.45) is 6.29. The molecule has 0 saturated carbocycles. The molecule has 128 valence electrons. The minimum atomic E-state index is -0.367. The number of ether oxygens (including phenoxy) is 1. The van der Waals surface area contributed by atoms with Gasteiger partial charge in [0.2, 0.25) is 0 Å². The Bertz CT molecular complexity index is 554. The number of aromatic hydroxyl groups is 3. The van der Waals surface area contributed by atoms with Crippen LogP contribution in [0.1, 0.15) is 51.0 Å². The molecule has 0 aliphatic rings.